The molecule has 146 valence electrons. The first kappa shape index (κ1) is 22.5. The van der Waals surface area contributed by atoms with Gasteiger partial charge in [-0.1, -0.05) is 38.2 Å². The number of hydrogen-bond donors (Lipinski definition) is 2. The van der Waals surface area contributed by atoms with E-state index in [2.05, 4.69) is 48.7 Å². The summed E-state index contributed by atoms with van der Waals surface area (Å²) < 4.78 is 0. The molecule has 1 aliphatic heterocycles. The number of nitrogens with zero attached hydrogens (tertiary/aromatic N) is 3. The molecule has 5 nitrogen and oxygen atoms in total. The number of hydrogen-bond acceptors (Lipinski definition) is 5. The Hall–Kier alpha value is -2.58. The molecule has 0 aromatic carbocycles. The molecule has 0 radical (unpaired) electrons. The van der Waals surface area contributed by atoms with E-state index in [1.165, 1.54) is 0 Å². The van der Waals surface area contributed by atoms with E-state index in [0.29, 0.717) is 0 Å². The monoisotopic (exact) mass is 367 g/mol. The molecule has 1 aliphatic rings. The second-order valence-corrected chi connectivity index (χ2v) is 6.49. The maximum Gasteiger partial charge on any atom is 0.173 e. The van der Waals surface area contributed by atoms with Crippen LogP contribution in [0.2, 0.25) is 0 Å². The van der Waals surface area contributed by atoms with Crippen LogP contribution in [0.1, 0.15) is 53.9 Å². The van der Waals surface area contributed by atoms with Crippen LogP contribution in [0.15, 0.2) is 55.9 Å². The molecule has 0 saturated carbocycles. The third kappa shape index (κ3) is 6.58. The van der Waals surface area contributed by atoms with E-state index < -0.39 is 0 Å². The number of allylic oxidation sites excluding steroid dienone is 5. The maximum atomic E-state index is 6.50. The molecule has 27 heavy (non-hydrogen) atoms. The highest BCUT2D eigenvalue weighted by atomic mass is 15.3. The predicted octanol–water partition coefficient (Wildman–Crippen LogP) is 3.87. The lowest BCUT2D eigenvalue weighted by atomic mass is 9.96. The Balaban J connectivity index is 3.48. The normalized spacial score (nSPS) is 19.4. The molecule has 0 saturated heterocycles. The molecule has 0 aromatic rings. The first-order valence-electron chi connectivity index (χ1n) is 9.45. The molecule has 0 amide bonds. The SMILES string of the molecule is CC=N/C(C)=C(C(/C#CC1=CN(C)C(N)N=C1)=C\CCC)\C(N)=C(/C)CC. The van der Waals surface area contributed by atoms with Crippen molar-refractivity contribution < 1.29 is 0 Å². The van der Waals surface area contributed by atoms with Crippen LogP contribution in [0.3, 0.4) is 0 Å². The Morgan fingerprint density at radius 1 is 1.37 bits per heavy atom. The minimum Gasteiger partial charge on any atom is -0.398 e. The number of nitrogens with two attached hydrogens (primary N) is 2. The van der Waals surface area contributed by atoms with Crippen molar-refractivity contribution in [2.45, 2.75) is 60.2 Å². The average Bonchev–Trinajstić information content (AvgIpc) is 2.65. The van der Waals surface area contributed by atoms with Gasteiger partial charge in [0.1, 0.15) is 0 Å². The van der Waals surface area contributed by atoms with Gasteiger partial charge >= 0.3 is 0 Å². The molecule has 0 fully saturated rings. The van der Waals surface area contributed by atoms with Gasteiger partial charge < -0.3 is 10.6 Å². The van der Waals surface area contributed by atoms with E-state index in [1.807, 2.05) is 32.0 Å². The van der Waals surface area contributed by atoms with Gasteiger partial charge in [0.25, 0.3) is 0 Å². The number of rotatable bonds is 6. The first-order valence-corrected chi connectivity index (χ1v) is 9.45. The Morgan fingerprint density at radius 3 is 2.63 bits per heavy atom. The molecule has 0 aromatic heterocycles. The Kier molecular flexibility index (Phi) is 9.32. The van der Waals surface area contributed by atoms with Gasteiger partial charge in [0.2, 0.25) is 0 Å². The van der Waals surface area contributed by atoms with E-state index >= 15 is 0 Å². The van der Waals surface area contributed by atoms with E-state index in [0.717, 1.165) is 52.9 Å². The van der Waals surface area contributed by atoms with Crippen molar-refractivity contribution in [3.63, 3.8) is 0 Å². The van der Waals surface area contributed by atoms with Gasteiger partial charge in [0, 0.05) is 48.2 Å². The van der Waals surface area contributed by atoms with Crippen molar-refractivity contribution in [1.29, 1.82) is 0 Å². The molecule has 1 heterocycles. The summed E-state index contributed by atoms with van der Waals surface area (Å²) in [6.45, 7) is 10.2. The predicted molar refractivity (Wildman–Crippen MR) is 117 cm³/mol. The van der Waals surface area contributed by atoms with Crippen LogP contribution in [0.4, 0.5) is 0 Å². The lowest BCUT2D eigenvalue weighted by Crippen LogP contribution is -2.36. The lowest BCUT2D eigenvalue weighted by Gasteiger charge is -2.22. The summed E-state index contributed by atoms with van der Waals surface area (Å²) in [7, 11) is 1.88. The zero-order valence-electron chi connectivity index (χ0n) is 17.5. The third-order valence-corrected chi connectivity index (χ3v) is 4.32. The largest absolute Gasteiger partial charge is 0.398 e. The highest BCUT2D eigenvalue weighted by Crippen LogP contribution is 2.25. The Morgan fingerprint density at radius 2 is 2.07 bits per heavy atom. The fourth-order valence-electron chi connectivity index (χ4n) is 2.50. The second-order valence-electron chi connectivity index (χ2n) is 6.49. The minimum atomic E-state index is -0.354. The molecule has 0 bridgehead atoms. The highest BCUT2D eigenvalue weighted by molar-refractivity contribution is 5.85. The molecule has 1 unspecified atom stereocenters. The van der Waals surface area contributed by atoms with Crippen molar-refractivity contribution in [3.05, 3.63) is 46.0 Å². The molecule has 0 aliphatic carbocycles. The Bertz CT molecular complexity index is 766. The van der Waals surface area contributed by atoms with Gasteiger partial charge in [-0.05, 0) is 39.2 Å². The maximum absolute atomic E-state index is 6.50. The highest BCUT2D eigenvalue weighted by Gasteiger charge is 2.13. The van der Waals surface area contributed by atoms with Crippen molar-refractivity contribution in [2.75, 3.05) is 7.05 Å². The molecular formula is C22H33N5. The van der Waals surface area contributed by atoms with Gasteiger partial charge in [-0.15, -0.1) is 0 Å². The summed E-state index contributed by atoms with van der Waals surface area (Å²) >= 11 is 0. The first-order chi connectivity index (χ1) is 12.8. The lowest BCUT2D eigenvalue weighted by molar-refractivity contribution is 0.344. The summed E-state index contributed by atoms with van der Waals surface area (Å²) in [6.07, 6.45) is 10.0. The third-order valence-electron chi connectivity index (χ3n) is 4.32. The average molecular weight is 368 g/mol. The fraction of sp³-hybridized carbons (Fsp3) is 0.455. The molecule has 1 atom stereocenters. The molecule has 0 spiro atoms. The van der Waals surface area contributed by atoms with E-state index in [1.54, 1.807) is 12.4 Å². The zero-order valence-corrected chi connectivity index (χ0v) is 17.5. The standard InChI is InChI=1S/C22H33N5/c1-7-10-11-19(13-12-18-14-26-22(24)27(6)15-18)20(17(5)25-9-3)21(23)16(4)8-2/h9,11,14-15,22H,7-8,10,23-24H2,1-6H3/b19-11-,20-17-,21-16-,25-9?. The van der Waals surface area contributed by atoms with E-state index in [-0.39, 0.29) is 6.29 Å². The number of unbranched alkanes of at least 4 members (excludes halogenated alkanes) is 1. The van der Waals surface area contributed by atoms with Crippen LogP contribution < -0.4 is 11.5 Å². The molecule has 5 heteroatoms. The van der Waals surface area contributed by atoms with Crippen LogP contribution in [0.25, 0.3) is 0 Å². The van der Waals surface area contributed by atoms with Crippen LogP contribution in [-0.2, 0) is 0 Å². The fourth-order valence-corrected chi connectivity index (χ4v) is 2.50. The molecule has 4 N–H and O–H groups in total. The zero-order chi connectivity index (χ0) is 20.4. The topological polar surface area (TPSA) is 80.0 Å². The summed E-state index contributed by atoms with van der Waals surface area (Å²) in [5, 5.41) is 0. The Labute approximate surface area is 164 Å². The number of aliphatic imine (C=N–C) groups is 2. The smallest absolute Gasteiger partial charge is 0.173 e. The van der Waals surface area contributed by atoms with Gasteiger partial charge in [-0.3, -0.25) is 15.7 Å². The second kappa shape index (κ2) is 11.2. The van der Waals surface area contributed by atoms with Crippen molar-refractivity contribution in [2.24, 2.45) is 21.5 Å². The van der Waals surface area contributed by atoms with E-state index in [4.69, 9.17) is 11.5 Å². The summed E-state index contributed by atoms with van der Waals surface area (Å²) in [6, 6.07) is 0. The van der Waals surface area contributed by atoms with Crippen LogP contribution >= 0.6 is 0 Å². The van der Waals surface area contributed by atoms with Gasteiger partial charge in [0.05, 0.1) is 5.57 Å². The van der Waals surface area contributed by atoms with Crippen molar-refractivity contribution >= 4 is 12.4 Å². The summed E-state index contributed by atoms with van der Waals surface area (Å²) in [4.78, 5) is 10.5. The molecule has 1 rings (SSSR count). The molecular weight excluding hydrogens is 334 g/mol. The van der Waals surface area contributed by atoms with Crippen LogP contribution in [0, 0.1) is 11.8 Å². The summed E-state index contributed by atoms with van der Waals surface area (Å²) in [5.41, 5.74) is 17.7. The minimum absolute atomic E-state index is 0.354. The van der Waals surface area contributed by atoms with Crippen LogP contribution in [-0.4, -0.2) is 30.7 Å². The quantitative estimate of drug-likeness (QED) is 0.425. The van der Waals surface area contributed by atoms with Crippen molar-refractivity contribution in [3.8, 4) is 11.8 Å². The van der Waals surface area contributed by atoms with Crippen molar-refractivity contribution in [1.82, 2.24) is 4.90 Å². The van der Waals surface area contributed by atoms with Gasteiger partial charge in [-0.2, -0.15) is 0 Å². The summed E-state index contributed by atoms with van der Waals surface area (Å²) in [5.74, 6) is 6.50. The van der Waals surface area contributed by atoms with Crippen LogP contribution in [0.5, 0.6) is 0 Å². The van der Waals surface area contributed by atoms with Gasteiger partial charge in [-0.25, -0.2) is 0 Å². The van der Waals surface area contributed by atoms with Gasteiger partial charge in [0.15, 0.2) is 6.29 Å². The van der Waals surface area contributed by atoms with E-state index in [9.17, 15) is 0 Å².